The highest BCUT2D eigenvalue weighted by molar-refractivity contribution is 5.87. The van der Waals surface area contributed by atoms with Crippen LogP contribution in [-0.4, -0.2) is 34.4 Å². The summed E-state index contributed by atoms with van der Waals surface area (Å²) in [4.78, 5) is 26.5. The number of rotatable bonds is 6. The van der Waals surface area contributed by atoms with Crippen LogP contribution in [0, 0.1) is 0 Å². The number of carbonyl (C=O) groups excluding carboxylic acids is 1. The van der Waals surface area contributed by atoms with Gasteiger partial charge in [0.2, 0.25) is 0 Å². The van der Waals surface area contributed by atoms with Crippen molar-refractivity contribution in [1.29, 1.82) is 0 Å². The first-order valence-corrected chi connectivity index (χ1v) is 7.25. The molecule has 124 valence electrons. The van der Waals surface area contributed by atoms with Gasteiger partial charge >= 0.3 is 11.9 Å². The molecule has 0 heterocycles. The average molecular weight is 327 g/mol. The van der Waals surface area contributed by atoms with Crippen LogP contribution in [0.3, 0.4) is 0 Å². The molecule has 0 spiro atoms. The van der Waals surface area contributed by atoms with E-state index in [2.05, 4.69) is 4.99 Å². The lowest BCUT2D eigenvalue weighted by Crippen LogP contribution is -2.26. The molecule has 0 aliphatic heterocycles. The van der Waals surface area contributed by atoms with E-state index in [0.29, 0.717) is 11.1 Å². The van der Waals surface area contributed by atoms with Gasteiger partial charge in [-0.3, -0.25) is 9.79 Å². The predicted molar refractivity (Wildman–Crippen MR) is 88.2 cm³/mol. The highest BCUT2D eigenvalue weighted by Crippen LogP contribution is 2.21. The number of aliphatic hydroxyl groups excluding tert-OH is 1. The lowest BCUT2D eigenvalue weighted by molar-refractivity contribution is -0.141. The molecule has 1 unspecified atom stereocenters. The second kappa shape index (κ2) is 8.03. The van der Waals surface area contributed by atoms with Crippen LogP contribution < -0.4 is 4.74 Å². The maximum Gasteiger partial charge on any atom is 0.331 e. The van der Waals surface area contributed by atoms with Crippen LogP contribution in [0.15, 0.2) is 59.6 Å². The summed E-state index contributed by atoms with van der Waals surface area (Å²) in [5.41, 5.74) is 0.898. The van der Waals surface area contributed by atoms with Crippen molar-refractivity contribution in [1.82, 2.24) is 0 Å². The van der Waals surface area contributed by atoms with Crippen molar-refractivity contribution in [2.24, 2.45) is 4.99 Å². The van der Waals surface area contributed by atoms with Crippen molar-refractivity contribution >= 4 is 18.2 Å². The first-order valence-electron chi connectivity index (χ1n) is 7.25. The maximum absolute atomic E-state index is 11.4. The van der Waals surface area contributed by atoms with Gasteiger partial charge in [0.15, 0.2) is 6.04 Å². The van der Waals surface area contributed by atoms with Crippen molar-refractivity contribution in [2.45, 2.75) is 19.1 Å². The molecule has 0 bridgehead atoms. The summed E-state index contributed by atoms with van der Waals surface area (Å²) in [5, 5.41) is 19.6. The van der Waals surface area contributed by atoms with E-state index in [1.165, 1.54) is 13.1 Å². The van der Waals surface area contributed by atoms with Crippen molar-refractivity contribution in [2.75, 3.05) is 0 Å². The number of aliphatic hydroxyl groups is 1. The molecule has 0 radical (unpaired) electrons. The van der Waals surface area contributed by atoms with Gasteiger partial charge in [0, 0.05) is 18.7 Å². The van der Waals surface area contributed by atoms with E-state index in [9.17, 15) is 19.8 Å². The highest BCUT2D eigenvalue weighted by atomic mass is 16.5. The fourth-order valence-electron chi connectivity index (χ4n) is 2.11. The van der Waals surface area contributed by atoms with Gasteiger partial charge in [-0.25, -0.2) is 4.79 Å². The van der Waals surface area contributed by atoms with Gasteiger partial charge < -0.3 is 14.9 Å². The Kier molecular flexibility index (Phi) is 5.81. The molecular formula is C18H17NO5. The minimum atomic E-state index is -1.38. The van der Waals surface area contributed by atoms with E-state index in [-0.39, 0.29) is 5.75 Å². The lowest BCUT2D eigenvalue weighted by Gasteiger charge is -2.16. The number of carboxylic acids is 1. The number of hydrogen-bond donors (Lipinski definition) is 2. The molecule has 0 aliphatic rings. The Labute approximate surface area is 139 Å². The van der Waals surface area contributed by atoms with E-state index < -0.39 is 24.1 Å². The van der Waals surface area contributed by atoms with Crippen molar-refractivity contribution < 1.29 is 24.5 Å². The van der Waals surface area contributed by atoms with Crippen LogP contribution in [0.2, 0.25) is 0 Å². The summed E-state index contributed by atoms with van der Waals surface area (Å²) in [6.07, 6.45) is -0.00992. The first-order chi connectivity index (χ1) is 11.5. The zero-order chi connectivity index (χ0) is 17.5. The third-order valence-corrected chi connectivity index (χ3v) is 3.24. The largest absolute Gasteiger partial charge is 0.480 e. The predicted octanol–water partition coefficient (Wildman–Crippen LogP) is 2.22. The van der Waals surface area contributed by atoms with Crippen molar-refractivity contribution in [3.63, 3.8) is 0 Å². The maximum atomic E-state index is 11.4. The van der Waals surface area contributed by atoms with Crippen molar-refractivity contribution in [3.8, 4) is 5.75 Å². The second-order valence-electron chi connectivity index (χ2n) is 5.05. The number of nitrogens with zero attached hydrogens (tertiary/aromatic N) is 1. The molecule has 2 rings (SSSR count). The normalized spacial score (nSPS) is 13.4. The Morgan fingerprint density at radius 1 is 1.08 bits per heavy atom. The molecule has 0 aliphatic carbocycles. The molecule has 24 heavy (non-hydrogen) atoms. The molecule has 6 nitrogen and oxygen atoms in total. The summed E-state index contributed by atoms with van der Waals surface area (Å²) >= 11 is 0. The average Bonchev–Trinajstić information content (AvgIpc) is 2.56. The van der Waals surface area contributed by atoms with E-state index in [0.717, 1.165) is 0 Å². The highest BCUT2D eigenvalue weighted by Gasteiger charge is 2.26. The monoisotopic (exact) mass is 327 g/mol. The van der Waals surface area contributed by atoms with Gasteiger partial charge in [0.05, 0.1) is 0 Å². The Bertz CT molecular complexity index is 742. The van der Waals surface area contributed by atoms with Gasteiger partial charge in [0.1, 0.15) is 11.9 Å². The van der Waals surface area contributed by atoms with Crippen LogP contribution in [0.1, 0.15) is 24.2 Å². The van der Waals surface area contributed by atoms with Crippen LogP contribution >= 0.6 is 0 Å². The standard InChI is InChI=1S/C18H17NO5/c1-12(20)24-15-10-6-5-9-14(15)11-19-16(18(22)23)17(21)13-7-3-2-4-8-13/h2-11,16-17,21H,1H3,(H,22,23)/t16-,17?/m0/s1. The molecule has 0 aromatic heterocycles. The zero-order valence-electron chi connectivity index (χ0n) is 13.0. The van der Waals surface area contributed by atoms with Gasteiger partial charge in [-0.2, -0.15) is 0 Å². The molecule has 2 atom stereocenters. The fourth-order valence-corrected chi connectivity index (χ4v) is 2.11. The van der Waals surface area contributed by atoms with E-state index in [1.807, 2.05) is 0 Å². The number of ether oxygens (including phenoxy) is 1. The quantitative estimate of drug-likeness (QED) is 0.482. The van der Waals surface area contributed by atoms with Crippen LogP contribution in [0.5, 0.6) is 5.75 Å². The third-order valence-electron chi connectivity index (χ3n) is 3.24. The van der Waals surface area contributed by atoms with Crippen LogP contribution in [0.4, 0.5) is 0 Å². The Hall–Kier alpha value is -2.99. The number of aliphatic imine (C=N–C) groups is 1. The molecule has 2 N–H and O–H groups in total. The molecular weight excluding hydrogens is 310 g/mol. The number of aliphatic carboxylic acids is 1. The lowest BCUT2D eigenvalue weighted by atomic mass is 10.0. The number of benzene rings is 2. The number of esters is 1. The SMILES string of the molecule is CC(=O)Oc1ccccc1C=N[C@H](C(=O)O)C(O)c1ccccc1. The number of carboxylic acid groups (broad SMARTS) is 1. The Morgan fingerprint density at radius 3 is 2.33 bits per heavy atom. The topological polar surface area (TPSA) is 96.2 Å². The van der Waals surface area contributed by atoms with E-state index in [1.54, 1.807) is 54.6 Å². The number of carbonyl (C=O) groups is 2. The Morgan fingerprint density at radius 2 is 1.71 bits per heavy atom. The summed E-state index contributed by atoms with van der Waals surface area (Å²) in [7, 11) is 0. The molecule has 0 saturated carbocycles. The van der Waals surface area contributed by atoms with Crippen molar-refractivity contribution in [3.05, 3.63) is 65.7 Å². The Balaban J connectivity index is 2.27. The van der Waals surface area contributed by atoms with Crippen LogP contribution in [0.25, 0.3) is 0 Å². The number of para-hydroxylation sites is 1. The summed E-state index contributed by atoms with van der Waals surface area (Å²) in [6.45, 7) is 1.27. The zero-order valence-corrected chi connectivity index (χ0v) is 13.0. The molecule has 6 heteroatoms. The third kappa shape index (κ3) is 4.50. The molecule has 0 fully saturated rings. The first kappa shape index (κ1) is 17.4. The minimum Gasteiger partial charge on any atom is -0.480 e. The van der Waals surface area contributed by atoms with Crippen LogP contribution in [-0.2, 0) is 9.59 Å². The van der Waals surface area contributed by atoms with Gasteiger partial charge in [0.25, 0.3) is 0 Å². The second-order valence-corrected chi connectivity index (χ2v) is 5.05. The summed E-state index contributed by atoms with van der Waals surface area (Å²) < 4.78 is 5.04. The van der Waals surface area contributed by atoms with E-state index in [4.69, 9.17) is 4.74 Å². The van der Waals surface area contributed by atoms with Gasteiger partial charge in [-0.15, -0.1) is 0 Å². The van der Waals surface area contributed by atoms with E-state index >= 15 is 0 Å². The van der Waals surface area contributed by atoms with Gasteiger partial charge in [-0.05, 0) is 17.7 Å². The molecule has 0 amide bonds. The summed E-state index contributed by atoms with van der Waals surface area (Å²) in [6, 6.07) is 13.7. The molecule has 2 aromatic rings. The number of hydrogen-bond acceptors (Lipinski definition) is 5. The summed E-state index contributed by atoms with van der Waals surface area (Å²) in [5.74, 6) is -1.48. The smallest absolute Gasteiger partial charge is 0.331 e. The molecule has 0 saturated heterocycles. The minimum absolute atomic E-state index is 0.270. The van der Waals surface area contributed by atoms with Gasteiger partial charge in [-0.1, -0.05) is 42.5 Å². The molecule has 2 aromatic carbocycles. The fraction of sp³-hybridized carbons (Fsp3) is 0.167.